The standard InChI is InChI=1S/C11H18N2O/c1-2-3-4-7-14-11-6-5-9(12)8-10(11)13/h5-6,8H,2-4,7,12-13H2,1H3. The van der Waals surface area contributed by atoms with Gasteiger partial charge in [-0.15, -0.1) is 0 Å². The minimum atomic E-state index is 0.612. The fraction of sp³-hybridized carbons (Fsp3) is 0.455. The van der Waals surface area contributed by atoms with Crippen LogP contribution in [0.2, 0.25) is 0 Å². The molecule has 0 aliphatic carbocycles. The number of anilines is 2. The van der Waals surface area contributed by atoms with Crippen LogP contribution in [0.15, 0.2) is 18.2 Å². The van der Waals surface area contributed by atoms with Crippen molar-refractivity contribution in [1.82, 2.24) is 0 Å². The first kappa shape index (κ1) is 10.7. The summed E-state index contributed by atoms with van der Waals surface area (Å²) >= 11 is 0. The van der Waals surface area contributed by atoms with Crippen LogP contribution in [0.3, 0.4) is 0 Å². The third kappa shape index (κ3) is 3.17. The first-order valence-corrected chi connectivity index (χ1v) is 5.02. The second-order valence-corrected chi connectivity index (χ2v) is 3.35. The molecule has 1 rings (SSSR count). The number of hydrogen-bond acceptors (Lipinski definition) is 3. The van der Waals surface area contributed by atoms with Crippen LogP contribution in [-0.2, 0) is 0 Å². The van der Waals surface area contributed by atoms with Gasteiger partial charge in [-0.25, -0.2) is 0 Å². The Morgan fingerprint density at radius 3 is 2.64 bits per heavy atom. The fourth-order valence-corrected chi connectivity index (χ4v) is 1.23. The van der Waals surface area contributed by atoms with E-state index in [9.17, 15) is 0 Å². The summed E-state index contributed by atoms with van der Waals surface area (Å²) in [5.41, 5.74) is 12.6. The molecule has 0 aromatic heterocycles. The lowest BCUT2D eigenvalue weighted by molar-refractivity contribution is 0.308. The summed E-state index contributed by atoms with van der Waals surface area (Å²) in [7, 11) is 0. The van der Waals surface area contributed by atoms with E-state index in [0.29, 0.717) is 11.4 Å². The van der Waals surface area contributed by atoms with Gasteiger partial charge in [0.15, 0.2) is 0 Å². The fourth-order valence-electron chi connectivity index (χ4n) is 1.23. The molecule has 3 nitrogen and oxygen atoms in total. The molecule has 0 saturated carbocycles. The van der Waals surface area contributed by atoms with Crippen LogP contribution < -0.4 is 16.2 Å². The Morgan fingerprint density at radius 1 is 1.21 bits per heavy atom. The molecule has 4 N–H and O–H groups in total. The van der Waals surface area contributed by atoms with Gasteiger partial charge in [-0.1, -0.05) is 19.8 Å². The van der Waals surface area contributed by atoms with Crippen LogP contribution in [0.5, 0.6) is 5.75 Å². The Hall–Kier alpha value is -1.38. The molecule has 0 saturated heterocycles. The van der Waals surface area contributed by atoms with Crippen molar-refractivity contribution in [3.05, 3.63) is 18.2 Å². The van der Waals surface area contributed by atoms with E-state index in [1.54, 1.807) is 12.1 Å². The van der Waals surface area contributed by atoms with Crippen LogP contribution in [-0.4, -0.2) is 6.61 Å². The summed E-state index contributed by atoms with van der Waals surface area (Å²) in [5, 5.41) is 0. The lowest BCUT2D eigenvalue weighted by Crippen LogP contribution is -2.00. The first-order chi connectivity index (χ1) is 6.74. The maximum Gasteiger partial charge on any atom is 0.142 e. The van der Waals surface area contributed by atoms with Gasteiger partial charge in [0.05, 0.1) is 12.3 Å². The first-order valence-electron chi connectivity index (χ1n) is 5.02. The summed E-state index contributed by atoms with van der Waals surface area (Å²) in [6.45, 7) is 2.89. The zero-order valence-corrected chi connectivity index (χ0v) is 8.62. The smallest absolute Gasteiger partial charge is 0.142 e. The zero-order chi connectivity index (χ0) is 10.4. The van der Waals surface area contributed by atoms with Crippen molar-refractivity contribution in [3.63, 3.8) is 0 Å². The molecule has 78 valence electrons. The average Bonchev–Trinajstić information content (AvgIpc) is 2.15. The van der Waals surface area contributed by atoms with Gasteiger partial charge in [0.2, 0.25) is 0 Å². The summed E-state index contributed by atoms with van der Waals surface area (Å²) < 4.78 is 5.51. The lowest BCUT2D eigenvalue weighted by atomic mass is 10.2. The maximum atomic E-state index is 5.73. The second kappa shape index (κ2) is 5.37. The number of ether oxygens (including phenoxy) is 1. The largest absolute Gasteiger partial charge is 0.491 e. The van der Waals surface area contributed by atoms with E-state index >= 15 is 0 Å². The monoisotopic (exact) mass is 194 g/mol. The van der Waals surface area contributed by atoms with Crippen molar-refractivity contribution in [2.24, 2.45) is 0 Å². The molecule has 0 aliphatic rings. The van der Waals surface area contributed by atoms with Gasteiger partial charge < -0.3 is 16.2 Å². The number of unbranched alkanes of at least 4 members (excludes halogenated alkanes) is 2. The summed E-state index contributed by atoms with van der Waals surface area (Å²) in [4.78, 5) is 0. The highest BCUT2D eigenvalue weighted by Crippen LogP contribution is 2.23. The third-order valence-electron chi connectivity index (χ3n) is 2.04. The van der Waals surface area contributed by atoms with Gasteiger partial charge in [0.1, 0.15) is 5.75 Å². The van der Waals surface area contributed by atoms with E-state index in [1.165, 1.54) is 12.8 Å². The van der Waals surface area contributed by atoms with Crippen LogP contribution >= 0.6 is 0 Å². The number of nitrogens with two attached hydrogens (primary N) is 2. The van der Waals surface area contributed by atoms with Crippen LogP contribution in [0.4, 0.5) is 11.4 Å². The Kier molecular flexibility index (Phi) is 4.11. The predicted octanol–water partition coefficient (Wildman–Crippen LogP) is 2.42. The van der Waals surface area contributed by atoms with Gasteiger partial charge in [-0.05, 0) is 24.6 Å². The van der Waals surface area contributed by atoms with Crippen molar-refractivity contribution in [2.75, 3.05) is 18.1 Å². The van der Waals surface area contributed by atoms with Crippen LogP contribution in [0, 0.1) is 0 Å². The predicted molar refractivity (Wildman–Crippen MR) is 60.3 cm³/mol. The van der Waals surface area contributed by atoms with Crippen molar-refractivity contribution >= 4 is 11.4 Å². The van der Waals surface area contributed by atoms with Crippen LogP contribution in [0.25, 0.3) is 0 Å². The molecule has 0 amide bonds. The van der Waals surface area contributed by atoms with Gasteiger partial charge in [0, 0.05) is 5.69 Å². The highest BCUT2D eigenvalue weighted by Gasteiger charge is 1.99. The number of hydrogen-bond donors (Lipinski definition) is 2. The maximum absolute atomic E-state index is 5.73. The molecule has 0 heterocycles. The Bertz CT molecular complexity index is 287. The summed E-state index contributed by atoms with van der Waals surface area (Å²) in [6, 6.07) is 5.33. The quantitative estimate of drug-likeness (QED) is 0.559. The molecule has 0 radical (unpaired) electrons. The van der Waals surface area contributed by atoms with Gasteiger partial charge in [-0.2, -0.15) is 0 Å². The van der Waals surface area contributed by atoms with E-state index in [1.807, 2.05) is 6.07 Å². The van der Waals surface area contributed by atoms with E-state index in [0.717, 1.165) is 18.8 Å². The van der Waals surface area contributed by atoms with Crippen molar-refractivity contribution in [3.8, 4) is 5.75 Å². The molecule has 1 aromatic carbocycles. The second-order valence-electron chi connectivity index (χ2n) is 3.35. The average molecular weight is 194 g/mol. The van der Waals surface area contributed by atoms with E-state index in [-0.39, 0.29) is 0 Å². The molecule has 3 heteroatoms. The Morgan fingerprint density at radius 2 is 2.00 bits per heavy atom. The van der Waals surface area contributed by atoms with Crippen LogP contribution in [0.1, 0.15) is 26.2 Å². The molecule has 0 atom stereocenters. The summed E-state index contributed by atoms with van der Waals surface area (Å²) in [6.07, 6.45) is 3.45. The molecule has 0 unspecified atom stereocenters. The molecule has 0 aliphatic heterocycles. The van der Waals surface area contributed by atoms with E-state index in [4.69, 9.17) is 16.2 Å². The number of rotatable bonds is 5. The van der Waals surface area contributed by atoms with E-state index in [2.05, 4.69) is 6.92 Å². The SMILES string of the molecule is CCCCCOc1ccc(N)cc1N. The van der Waals surface area contributed by atoms with Gasteiger partial charge >= 0.3 is 0 Å². The topological polar surface area (TPSA) is 61.3 Å². The molecule has 1 aromatic rings. The molecule has 0 spiro atoms. The van der Waals surface area contributed by atoms with Gasteiger partial charge in [-0.3, -0.25) is 0 Å². The molecule has 0 bridgehead atoms. The minimum absolute atomic E-state index is 0.612. The number of nitrogen functional groups attached to an aromatic ring is 2. The van der Waals surface area contributed by atoms with E-state index < -0.39 is 0 Å². The molecular formula is C11H18N2O. The van der Waals surface area contributed by atoms with Crippen molar-refractivity contribution in [1.29, 1.82) is 0 Å². The van der Waals surface area contributed by atoms with Gasteiger partial charge in [0.25, 0.3) is 0 Å². The third-order valence-corrected chi connectivity index (χ3v) is 2.04. The normalized spacial score (nSPS) is 10.1. The van der Waals surface area contributed by atoms with Crippen molar-refractivity contribution in [2.45, 2.75) is 26.2 Å². The number of benzene rings is 1. The molecule has 0 fully saturated rings. The Labute approximate surface area is 85.0 Å². The zero-order valence-electron chi connectivity index (χ0n) is 8.62. The minimum Gasteiger partial charge on any atom is -0.491 e. The van der Waals surface area contributed by atoms with Crippen molar-refractivity contribution < 1.29 is 4.74 Å². The lowest BCUT2D eigenvalue weighted by Gasteiger charge is -2.08. The Balaban J connectivity index is 2.42. The highest BCUT2D eigenvalue weighted by atomic mass is 16.5. The molecular weight excluding hydrogens is 176 g/mol. The molecule has 14 heavy (non-hydrogen) atoms. The highest BCUT2D eigenvalue weighted by molar-refractivity contribution is 5.60. The summed E-state index contributed by atoms with van der Waals surface area (Å²) in [5.74, 6) is 0.732.